The lowest BCUT2D eigenvalue weighted by Crippen LogP contribution is -2.34. The summed E-state index contributed by atoms with van der Waals surface area (Å²) in [5, 5.41) is 6.32. The largest absolute Gasteiger partial charge is 0.354 e. The zero-order valence-corrected chi connectivity index (χ0v) is 12.0. The van der Waals surface area contributed by atoms with Crippen molar-refractivity contribution >= 4 is 5.91 Å². The summed E-state index contributed by atoms with van der Waals surface area (Å²) in [7, 11) is 0. The van der Waals surface area contributed by atoms with E-state index in [4.69, 9.17) is 0 Å². The molecule has 1 aliphatic heterocycles. The van der Waals surface area contributed by atoms with Crippen molar-refractivity contribution in [3.63, 3.8) is 0 Å². The van der Waals surface area contributed by atoms with Crippen LogP contribution in [-0.2, 0) is 4.79 Å². The van der Waals surface area contributed by atoms with Crippen LogP contribution < -0.4 is 10.6 Å². The molecular weight excluding hydrogens is 226 g/mol. The summed E-state index contributed by atoms with van der Waals surface area (Å²) in [6, 6.07) is 0.299. The van der Waals surface area contributed by atoms with Gasteiger partial charge in [-0.3, -0.25) is 4.79 Å². The van der Waals surface area contributed by atoms with Crippen molar-refractivity contribution in [3.05, 3.63) is 0 Å². The van der Waals surface area contributed by atoms with E-state index in [0.717, 1.165) is 19.5 Å². The topological polar surface area (TPSA) is 44.4 Å². The van der Waals surface area contributed by atoms with Gasteiger partial charge in [0.2, 0.25) is 5.91 Å². The molecule has 1 amide bonds. The predicted molar refractivity (Wildman–Crippen MR) is 75.7 cm³/mol. The van der Waals surface area contributed by atoms with E-state index in [1.165, 1.54) is 38.9 Å². The Morgan fingerprint density at radius 3 is 2.67 bits per heavy atom. The van der Waals surface area contributed by atoms with E-state index in [2.05, 4.69) is 22.5 Å². The minimum Gasteiger partial charge on any atom is -0.354 e. The Kier molecular flexibility index (Phi) is 8.01. The van der Waals surface area contributed by atoms with Crippen LogP contribution in [0, 0.1) is 0 Å². The van der Waals surface area contributed by atoms with Crippen LogP contribution in [0.15, 0.2) is 0 Å². The van der Waals surface area contributed by atoms with Gasteiger partial charge in [-0.15, -0.1) is 0 Å². The molecule has 4 heteroatoms. The van der Waals surface area contributed by atoms with Crippen LogP contribution >= 0.6 is 0 Å². The lowest BCUT2D eigenvalue weighted by Gasteiger charge is -2.14. The minimum atomic E-state index is 0.163. The van der Waals surface area contributed by atoms with Gasteiger partial charge in [0, 0.05) is 19.0 Å². The van der Waals surface area contributed by atoms with Gasteiger partial charge < -0.3 is 15.5 Å². The minimum absolute atomic E-state index is 0.163. The summed E-state index contributed by atoms with van der Waals surface area (Å²) in [5.74, 6) is 0.163. The highest BCUT2D eigenvalue weighted by atomic mass is 16.1. The van der Waals surface area contributed by atoms with E-state index in [1.807, 2.05) is 6.92 Å². The molecule has 1 fully saturated rings. The molecule has 0 radical (unpaired) electrons. The Morgan fingerprint density at radius 2 is 2.00 bits per heavy atom. The molecule has 0 aliphatic carbocycles. The predicted octanol–water partition coefficient (Wildman–Crippen LogP) is 1.37. The molecule has 1 atom stereocenters. The Hall–Kier alpha value is -0.610. The van der Waals surface area contributed by atoms with Gasteiger partial charge in [-0.1, -0.05) is 6.92 Å². The second-order valence-electron chi connectivity index (χ2n) is 5.28. The first kappa shape index (κ1) is 15.4. The molecule has 0 aromatic rings. The Balaban J connectivity index is 1.87. The molecule has 1 unspecified atom stereocenters. The molecule has 18 heavy (non-hydrogen) atoms. The number of amides is 1. The average molecular weight is 255 g/mol. The van der Waals surface area contributed by atoms with Gasteiger partial charge in [-0.05, 0) is 58.8 Å². The van der Waals surface area contributed by atoms with E-state index in [0.29, 0.717) is 12.5 Å². The van der Waals surface area contributed by atoms with E-state index in [9.17, 15) is 4.79 Å². The number of nitrogens with zero attached hydrogens (tertiary/aromatic N) is 1. The molecule has 1 saturated heterocycles. The molecular formula is C14H29N3O. The summed E-state index contributed by atoms with van der Waals surface area (Å²) in [5.41, 5.74) is 0. The van der Waals surface area contributed by atoms with Crippen molar-refractivity contribution in [2.75, 3.05) is 32.7 Å². The third kappa shape index (κ3) is 6.97. The maximum absolute atomic E-state index is 11.5. The van der Waals surface area contributed by atoms with Crippen LogP contribution in [0.1, 0.15) is 46.0 Å². The Morgan fingerprint density at radius 1 is 1.28 bits per heavy atom. The Labute approximate surface area is 111 Å². The standard InChI is InChI=1S/C14H29N3O/c1-3-13(2)16-14(18)7-9-15-8-6-12-17-10-4-5-11-17/h13,15H,3-12H2,1-2H3,(H,16,18). The fraction of sp³-hybridized carbons (Fsp3) is 0.929. The maximum atomic E-state index is 11.5. The average Bonchev–Trinajstić information content (AvgIpc) is 2.86. The summed E-state index contributed by atoms with van der Waals surface area (Å²) in [4.78, 5) is 14.0. The molecule has 0 aromatic heterocycles. The smallest absolute Gasteiger partial charge is 0.221 e. The third-order valence-corrected chi connectivity index (χ3v) is 3.58. The van der Waals surface area contributed by atoms with E-state index in [1.54, 1.807) is 0 Å². The lowest BCUT2D eigenvalue weighted by atomic mass is 10.2. The molecule has 0 saturated carbocycles. The van der Waals surface area contributed by atoms with Crippen molar-refractivity contribution in [2.24, 2.45) is 0 Å². The number of hydrogen-bond acceptors (Lipinski definition) is 3. The van der Waals surface area contributed by atoms with Crippen molar-refractivity contribution in [1.29, 1.82) is 0 Å². The van der Waals surface area contributed by atoms with Crippen LogP contribution in [0.2, 0.25) is 0 Å². The highest BCUT2D eigenvalue weighted by Gasteiger charge is 2.10. The molecule has 2 N–H and O–H groups in total. The molecule has 1 heterocycles. The van der Waals surface area contributed by atoms with Crippen LogP contribution in [0.4, 0.5) is 0 Å². The third-order valence-electron chi connectivity index (χ3n) is 3.58. The number of hydrogen-bond donors (Lipinski definition) is 2. The van der Waals surface area contributed by atoms with Gasteiger partial charge >= 0.3 is 0 Å². The lowest BCUT2D eigenvalue weighted by molar-refractivity contribution is -0.121. The van der Waals surface area contributed by atoms with Crippen LogP contribution in [0.5, 0.6) is 0 Å². The first-order valence-electron chi connectivity index (χ1n) is 7.44. The van der Waals surface area contributed by atoms with Crippen molar-refractivity contribution in [3.8, 4) is 0 Å². The van der Waals surface area contributed by atoms with Crippen LogP contribution in [0.3, 0.4) is 0 Å². The summed E-state index contributed by atoms with van der Waals surface area (Å²) in [6.45, 7) is 9.69. The highest BCUT2D eigenvalue weighted by Crippen LogP contribution is 2.06. The van der Waals surface area contributed by atoms with Gasteiger partial charge in [-0.25, -0.2) is 0 Å². The number of likely N-dealkylation sites (tertiary alicyclic amines) is 1. The van der Waals surface area contributed by atoms with E-state index < -0.39 is 0 Å². The fourth-order valence-electron chi connectivity index (χ4n) is 2.21. The molecule has 0 bridgehead atoms. The molecule has 4 nitrogen and oxygen atoms in total. The number of carbonyl (C=O) groups is 1. The quantitative estimate of drug-likeness (QED) is 0.612. The zero-order chi connectivity index (χ0) is 13.2. The fourth-order valence-corrected chi connectivity index (χ4v) is 2.21. The SMILES string of the molecule is CCC(C)NC(=O)CCNCCCN1CCCC1. The van der Waals surface area contributed by atoms with Crippen molar-refractivity contribution in [1.82, 2.24) is 15.5 Å². The van der Waals surface area contributed by atoms with Gasteiger partial charge in [0.25, 0.3) is 0 Å². The Bertz CT molecular complexity index is 227. The maximum Gasteiger partial charge on any atom is 0.221 e. The summed E-state index contributed by atoms with van der Waals surface area (Å²) in [6.07, 6.45) is 5.50. The molecule has 0 spiro atoms. The van der Waals surface area contributed by atoms with E-state index in [-0.39, 0.29) is 5.91 Å². The first-order valence-corrected chi connectivity index (χ1v) is 7.44. The van der Waals surface area contributed by atoms with Crippen LogP contribution in [0.25, 0.3) is 0 Å². The van der Waals surface area contributed by atoms with Gasteiger partial charge in [0.15, 0.2) is 0 Å². The first-order chi connectivity index (χ1) is 8.72. The second kappa shape index (κ2) is 9.34. The monoisotopic (exact) mass is 255 g/mol. The number of carbonyl (C=O) groups excluding carboxylic acids is 1. The zero-order valence-electron chi connectivity index (χ0n) is 12.0. The van der Waals surface area contributed by atoms with Crippen LogP contribution in [-0.4, -0.2) is 49.6 Å². The molecule has 0 aromatic carbocycles. The number of rotatable bonds is 9. The van der Waals surface area contributed by atoms with Gasteiger partial charge in [-0.2, -0.15) is 0 Å². The highest BCUT2D eigenvalue weighted by molar-refractivity contribution is 5.76. The second-order valence-corrected chi connectivity index (χ2v) is 5.28. The number of nitrogens with one attached hydrogen (secondary N) is 2. The molecule has 1 rings (SSSR count). The molecule has 1 aliphatic rings. The summed E-state index contributed by atoms with van der Waals surface area (Å²) >= 11 is 0. The van der Waals surface area contributed by atoms with Crippen molar-refractivity contribution in [2.45, 2.75) is 52.0 Å². The van der Waals surface area contributed by atoms with E-state index >= 15 is 0 Å². The van der Waals surface area contributed by atoms with Crippen molar-refractivity contribution < 1.29 is 4.79 Å². The summed E-state index contributed by atoms with van der Waals surface area (Å²) < 4.78 is 0. The van der Waals surface area contributed by atoms with Gasteiger partial charge in [0.05, 0.1) is 0 Å². The molecule has 106 valence electrons. The van der Waals surface area contributed by atoms with Gasteiger partial charge in [0.1, 0.15) is 0 Å². The normalized spacial score (nSPS) is 17.9.